The van der Waals surface area contributed by atoms with Crippen LogP contribution in [0.25, 0.3) is 22.0 Å². The van der Waals surface area contributed by atoms with E-state index >= 15 is 0 Å². The first-order valence-corrected chi connectivity index (χ1v) is 9.36. The Balaban J connectivity index is 1.47. The molecule has 1 amide bonds. The second kappa shape index (κ2) is 8.02. The number of rotatable bonds is 5. The van der Waals surface area contributed by atoms with Gasteiger partial charge in [0.1, 0.15) is 5.69 Å². The Morgan fingerprint density at radius 3 is 2.38 bits per heavy atom. The molecule has 0 aliphatic rings. The molecule has 2 N–H and O–H groups in total. The van der Waals surface area contributed by atoms with Crippen LogP contribution >= 0.6 is 0 Å². The fourth-order valence-corrected chi connectivity index (χ4v) is 3.16. The maximum atomic E-state index is 12.6. The monoisotopic (exact) mass is 384 g/mol. The van der Waals surface area contributed by atoms with E-state index in [1.807, 2.05) is 78.9 Å². The fraction of sp³-hybridized carbons (Fsp3) is 0.0833. The summed E-state index contributed by atoms with van der Waals surface area (Å²) in [5.41, 5.74) is 3.71. The van der Waals surface area contributed by atoms with Gasteiger partial charge in [0.15, 0.2) is 6.10 Å². The zero-order valence-electron chi connectivity index (χ0n) is 15.9. The number of ether oxygens (including phenoxy) is 1. The Morgan fingerprint density at radius 2 is 1.59 bits per heavy atom. The van der Waals surface area contributed by atoms with Crippen LogP contribution in [0.3, 0.4) is 0 Å². The first-order chi connectivity index (χ1) is 14.1. The van der Waals surface area contributed by atoms with E-state index in [1.54, 1.807) is 13.0 Å². The lowest BCUT2D eigenvalue weighted by molar-refractivity contribution is -0.123. The summed E-state index contributed by atoms with van der Waals surface area (Å²) in [6, 6.07) is 26.6. The number of aromatic nitrogens is 1. The van der Waals surface area contributed by atoms with Gasteiger partial charge in [-0.05, 0) is 30.7 Å². The number of H-pyrrole nitrogens is 1. The average molecular weight is 384 g/mol. The van der Waals surface area contributed by atoms with Crippen molar-refractivity contribution in [3.63, 3.8) is 0 Å². The van der Waals surface area contributed by atoms with Crippen LogP contribution < -0.4 is 5.32 Å². The molecule has 1 aromatic heterocycles. The maximum Gasteiger partial charge on any atom is 0.355 e. The standard InChI is InChI=1S/C24H20N2O3/c1-16(29-24(28)22-15-18-11-5-7-13-20(18)25-22)23(27)26-21-14-8-6-12-19(21)17-9-3-2-4-10-17/h2-16,25H,1H3,(H,26,27)/t16-/m1/s1. The molecule has 0 fully saturated rings. The molecule has 0 aliphatic heterocycles. The molecule has 0 saturated carbocycles. The second-order valence-electron chi connectivity index (χ2n) is 6.72. The molecule has 0 aliphatic carbocycles. The number of aromatic amines is 1. The number of benzene rings is 3. The van der Waals surface area contributed by atoms with Gasteiger partial charge in [0.2, 0.25) is 0 Å². The first kappa shape index (κ1) is 18.5. The Morgan fingerprint density at radius 1 is 0.897 bits per heavy atom. The molecule has 5 heteroatoms. The van der Waals surface area contributed by atoms with E-state index in [-0.39, 0.29) is 0 Å². The van der Waals surface area contributed by atoms with Crippen LogP contribution in [0.1, 0.15) is 17.4 Å². The maximum absolute atomic E-state index is 12.6. The van der Waals surface area contributed by atoms with E-state index in [9.17, 15) is 9.59 Å². The van der Waals surface area contributed by atoms with Crippen LogP contribution in [0.2, 0.25) is 0 Å². The third-order valence-electron chi connectivity index (χ3n) is 4.67. The number of carbonyl (C=O) groups excluding carboxylic acids is 2. The van der Waals surface area contributed by atoms with Crippen LogP contribution in [-0.4, -0.2) is 23.0 Å². The van der Waals surface area contributed by atoms with Gasteiger partial charge in [0, 0.05) is 22.2 Å². The molecular formula is C24H20N2O3. The lowest BCUT2D eigenvalue weighted by Gasteiger charge is -2.15. The smallest absolute Gasteiger partial charge is 0.355 e. The van der Waals surface area contributed by atoms with Gasteiger partial charge in [-0.15, -0.1) is 0 Å². The summed E-state index contributed by atoms with van der Waals surface area (Å²) >= 11 is 0. The molecule has 0 spiro atoms. The third-order valence-corrected chi connectivity index (χ3v) is 4.67. The fourth-order valence-electron chi connectivity index (χ4n) is 3.16. The molecule has 3 aromatic carbocycles. The van der Waals surface area contributed by atoms with Gasteiger partial charge in [-0.1, -0.05) is 66.7 Å². The number of amides is 1. The zero-order chi connectivity index (χ0) is 20.2. The van der Waals surface area contributed by atoms with Crippen LogP contribution in [0.5, 0.6) is 0 Å². The summed E-state index contributed by atoms with van der Waals surface area (Å²) in [5.74, 6) is -0.960. The normalized spacial score (nSPS) is 11.8. The Hall–Kier alpha value is -3.86. The Bertz CT molecular complexity index is 1130. The number of hydrogen-bond donors (Lipinski definition) is 2. The highest BCUT2D eigenvalue weighted by atomic mass is 16.5. The average Bonchev–Trinajstić information content (AvgIpc) is 3.19. The number of fused-ring (bicyclic) bond motifs is 1. The lowest BCUT2D eigenvalue weighted by Crippen LogP contribution is -2.30. The molecule has 29 heavy (non-hydrogen) atoms. The van der Waals surface area contributed by atoms with Gasteiger partial charge in [0.05, 0.1) is 0 Å². The van der Waals surface area contributed by atoms with Crippen molar-refractivity contribution in [1.82, 2.24) is 4.98 Å². The number of carbonyl (C=O) groups is 2. The molecule has 5 nitrogen and oxygen atoms in total. The van der Waals surface area contributed by atoms with Crippen molar-refractivity contribution in [3.05, 3.63) is 90.6 Å². The van der Waals surface area contributed by atoms with Crippen molar-refractivity contribution in [3.8, 4) is 11.1 Å². The molecule has 4 rings (SSSR count). The Labute approximate surface area is 168 Å². The van der Waals surface area contributed by atoms with E-state index in [1.165, 1.54) is 0 Å². The predicted molar refractivity (Wildman–Crippen MR) is 114 cm³/mol. The quantitative estimate of drug-likeness (QED) is 0.475. The minimum Gasteiger partial charge on any atom is -0.448 e. The molecule has 0 unspecified atom stereocenters. The van der Waals surface area contributed by atoms with Crippen LogP contribution in [0.15, 0.2) is 84.9 Å². The summed E-state index contributed by atoms with van der Waals surface area (Å²) in [6.07, 6.45) is -0.947. The van der Waals surface area contributed by atoms with Crippen LogP contribution in [0, 0.1) is 0 Å². The first-order valence-electron chi connectivity index (χ1n) is 9.36. The van der Waals surface area contributed by atoms with Crippen molar-refractivity contribution >= 4 is 28.5 Å². The van der Waals surface area contributed by atoms with Gasteiger partial charge in [-0.3, -0.25) is 4.79 Å². The van der Waals surface area contributed by atoms with E-state index in [0.29, 0.717) is 11.4 Å². The van der Waals surface area contributed by atoms with E-state index in [4.69, 9.17) is 4.74 Å². The molecule has 0 saturated heterocycles. The van der Waals surface area contributed by atoms with Crippen LogP contribution in [-0.2, 0) is 9.53 Å². The van der Waals surface area contributed by atoms with Gasteiger partial charge in [0.25, 0.3) is 5.91 Å². The van der Waals surface area contributed by atoms with Crippen molar-refractivity contribution in [2.75, 3.05) is 5.32 Å². The van der Waals surface area contributed by atoms with Crippen LogP contribution in [0.4, 0.5) is 5.69 Å². The highest BCUT2D eigenvalue weighted by molar-refractivity contribution is 6.00. The number of esters is 1. The van der Waals surface area contributed by atoms with E-state index < -0.39 is 18.0 Å². The van der Waals surface area contributed by atoms with Gasteiger partial charge < -0.3 is 15.0 Å². The SMILES string of the molecule is C[C@@H](OC(=O)c1cc2ccccc2[nH]1)C(=O)Nc1ccccc1-c1ccccc1. The summed E-state index contributed by atoms with van der Waals surface area (Å²) in [7, 11) is 0. The zero-order valence-corrected chi connectivity index (χ0v) is 15.9. The van der Waals surface area contributed by atoms with Gasteiger partial charge >= 0.3 is 5.97 Å². The lowest BCUT2D eigenvalue weighted by atomic mass is 10.0. The highest BCUT2D eigenvalue weighted by Crippen LogP contribution is 2.27. The van der Waals surface area contributed by atoms with Crippen molar-refractivity contribution in [1.29, 1.82) is 0 Å². The molecule has 0 radical (unpaired) electrons. The van der Waals surface area contributed by atoms with Gasteiger partial charge in [-0.2, -0.15) is 0 Å². The number of para-hydroxylation sites is 2. The summed E-state index contributed by atoms with van der Waals surface area (Å²) < 4.78 is 5.36. The summed E-state index contributed by atoms with van der Waals surface area (Å²) in [4.78, 5) is 28.1. The molecule has 4 aromatic rings. The molecule has 144 valence electrons. The van der Waals surface area contributed by atoms with E-state index in [2.05, 4.69) is 10.3 Å². The molecule has 1 heterocycles. The van der Waals surface area contributed by atoms with Crippen molar-refractivity contribution < 1.29 is 14.3 Å². The highest BCUT2D eigenvalue weighted by Gasteiger charge is 2.21. The summed E-state index contributed by atoms with van der Waals surface area (Å²) in [5, 5.41) is 3.78. The molecule has 0 bridgehead atoms. The summed E-state index contributed by atoms with van der Waals surface area (Å²) in [6.45, 7) is 1.56. The number of hydrogen-bond acceptors (Lipinski definition) is 3. The van der Waals surface area contributed by atoms with Crippen molar-refractivity contribution in [2.45, 2.75) is 13.0 Å². The largest absolute Gasteiger partial charge is 0.448 e. The molecular weight excluding hydrogens is 364 g/mol. The number of anilines is 1. The second-order valence-corrected chi connectivity index (χ2v) is 6.72. The van der Waals surface area contributed by atoms with Gasteiger partial charge in [-0.25, -0.2) is 4.79 Å². The minimum atomic E-state index is -0.947. The predicted octanol–water partition coefficient (Wildman–Crippen LogP) is 5.02. The van der Waals surface area contributed by atoms with E-state index in [0.717, 1.165) is 22.0 Å². The number of nitrogens with one attached hydrogen (secondary N) is 2. The Kier molecular flexibility index (Phi) is 5.12. The van der Waals surface area contributed by atoms with Crippen molar-refractivity contribution in [2.24, 2.45) is 0 Å². The topological polar surface area (TPSA) is 71.2 Å². The molecule has 1 atom stereocenters. The minimum absolute atomic E-state index is 0.315. The third kappa shape index (κ3) is 4.04.